The summed E-state index contributed by atoms with van der Waals surface area (Å²) in [6.07, 6.45) is -3.40. The Hall–Kier alpha value is -4.02. The molecule has 0 aliphatic heterocycles. The Kier molecular flexibility index (Phi) is 5.01. The molecule has 2 aromatic heterocycles. The molecule has 7 nitrogen and oxygen atoms in total. The highest BCUT2D eigenvalue weighted by Crippen LogP contribution is 2.33. The van der Waals surface area contributed by atoms with Gasteiger partial charge in [0.2, 0.25) is 0 Å². The zero-order valence-electron chi connectivity index (χ0n) is 15.9. The van der Waals surface area contributed by atoms with Crippen LogP contribution in [0, 0.1) is 12.7 Å². The van der Waals surface area contributed by atoms with Crippen molar-refractivity contribution in [2.45, 2.75) is 13.1 Å². The number of carbonyl (C=O) groups excluding carboxylic acids is 1. The third-order valence-corrected chi connectivity index (χ3v) is 4.38. The molecule has 0 radical (unpaired) electrons. The van der Waals surface area contributed by atoms with Crippen molar-refractivity contribution in [3.63, 3.8) is 0 Å². The molecule has 0 unspecified atom stereocenters. The van der Waals surface area contributed by atoms with Crippen molar-refractivity contribution < 1.29 is 22.4 Å². The summed E-state index contributed by atoms with van der Waals surface area (Å²) in [6.45, 7) is 1.64. The van der Waals surface area contributed by atoms with Gasteiger partial charge in [-0.15, -0.1) is 10.2 Å². The third-order valence-electron chi connectivity index (χ3n) is 4.38. The monoisotopic (exact) mass is 430 g/mol. The van der Waals surface area contributed by atoms with Crippen LogP contribution in [0.25, 0.3) is 11.4 Å². The number of nitrogens with one attached hydrogen (secondary N) is 1. The maximum absolute atomic E-state index is 14.0. The van der Waals surface area contributed by atoms with Crippen LogP contribution < -0.4 is 5.32 Å². The smallest absolute Gasteiger partial charge is 0.303 e. The number of nitrogens with zero attached hydrogens (tertiary/aromatic N) is 5. The second-order valence-electron chi connectivity index (χ2n) is 6.54. The highest BCUT2D eigenvalue weighted by atomic mass is 19.4. The minimum absolute atomic E-state index is 0.0578. The first-order valence-corrected chi connectivity index (χ1v) is 8.96. The number of rotatable bonds is 4. The normalized spacial score (nSPS) is 11.5. The van der Waals surface area contributed by atoms with Gasteiger partial charge < -0.3 is 5.32 Å². The molecule has 1 N–H and O–H groups in total. The highest BCUT2D eigenvalue weighted by molar-refractivity contribution is 6.03. The van der Waals surface area contributed by atoms with E-state index < -0.39 is 35.0 Å². The van der Waals surface area contributed by atoms with Crippen LogP contribution in [0.4, 0.5) is 23.4 Å². The summed E-state index contributed by atoms with van der Waals surface area (Å²) < 4.78 is 57.0. The molecule has 0 spiro atoms. The summed E-state index contributed by atoms with van der Waals surface area (Å²) in [5, 5.41) is 13.3. The van der Waals surface area contributed by atoms with E-state index in [0.717, 1.165) is 12.1 Å². The van der Waals surface area contributed by atoms with Gasteiger partial charge in [-0.1, -0.05) is 35.5 Å². The molecule has 0 saturated carbocycles. The molecule has 31 heavy (non-hydrogen) atoms. The van der Waals surface area contributed by atoms with Crippen molar-refractivity contribution in [3.05, 3.63) is 83.6 Å². The fraction of sp³-hybridized carbons (Fsp3) is 0.100. The highest BCUT2D eigenvalue weighted by Gasteiger charge is 2.42. The molecular weight excluding hydrogens is 416 g/mol. The van der Waals surface area contributed by atoms with Gasteiger partial charge in [0, 0.05) is 11.8 Å². The molecule has 2 aromatic carbocycles. The van der Waals surface area contributed by atoms with Crippen LogP contribution in [0.15, 0.2) is 60.8 Å². The molecule has 0 bridgehead atoms. The number of hydrogen-bond acceptors (Lipinski definition) is 4. The van der Waals surface area contributed by atoms with Gasteiger partial charge in [-0.2, -0.15) is 13.2 Å². The number of hydrogen-bond donors (Lipinski definition) is 1. The van der Waals surface area contributed by atoms with Crippen LogP contribution in [0.3, 0.4) is 0 Å². The van der Waals surface area contributed by atoms with Gasteiger partial charge in [-0.25, -0.2) is 13.8 Å². The predicted molar refractivity (Wildman–Crippen MR) is 103 cm³/mol. The van der Waals surface area contributed by atoms with Crippen molar-refractivity contribution in [2.75, 3.05) is 5.32 Å². The minimum atomic E-state index is -5.02. The largest absolute Gasteiger partial charge is 0.435 e. The minimum Gasteiger partial charge on any atom is -0.303 e. The number of carbonyl (C=O) groups is 1. The molecule has 4 aromatic rings. The Balaban J connectivity index is 1.70. The first-order valence-electron chi connectivity index (χ1n) is 8.96. The predicted octanol–water partition coefficient (Wildman–Crippen LogP) is 4.17. The van der Waals surface area contributed by atoms with E-state index in [1.807, 2.05) is 6.07 Å². The summed E-state index contributed by atoms with van der Waals surface area (Å²) in [7, 11) is 0. The molecule has 2 heterocycles. The maximum Gasteiger partial charge on any atom is 0.435 e. The molecule has 0 fully saturated rings. The Morgan fingerprint density at radius 3 is 2.39 bits per heavy atom. The number of alkyl halides is 3. The summed E-state index contributed by atoms with van der Waals surface area (Å²) in [6, 6.07) is 13.7. The molecular formula is C20H14F4N6O. The number of para-hydroxylation sites is 2. The van der Waals surface area contributed by atoms with E-state index in [-0.39, 0.29) is 10.5 Å². The van der Waals surface area contributed by atoms with Crippen molar-refractivity contribution in [2.24, 2.45) is 0 Å². The lowest BCUT2D eigenvalue weighted by Gasteiger charge is -2.11. The van der Waals surface area contributed by atoms with E-state index in [4.69, 9.17) is 0 Å². The number of benzene rings is 2. The summed E-state index contributed by atoms with van der Waals surface area (Å²) >= 11 is 0. The van der Waals surface area contributed by atoms with Gasteiger partial charge in [0.1, 0.15) is 11.5 Å². The van der Waals surface area contributed by atoms with Crippen molar-refractivity contribution in [1.29, 1.82) is 0 Å². The molecule has 0 saturated heterocycles. The second-order valence-corrected chi connectivity index (χ2v) is 6.54. The van der Waals surface area contributed by atoms with Crippen LogP contribution in [0.2, 0.25) is 0 Å². The molecule has 0 atom stereocenters. The molecule has 158 valence electrons. The van der Waals surface area contributed by atoms with Crippen molar-refractivity contribution in [3.8, 4) is 11.4 Å². The zero-order valence-corrected chi connectivity index (χ0v) is 15.9. The topological polar surface area (TPSA) is 77.6 Å². The van der Waals surface area contributed by atoms with Gasteiger partial charge in [-0.05, 0) is 31.2 Å². The van der Waals surface area contributed by atoms with Gasteiger partial charge in [-0.3, -0.25) is 4.79 Å². The standard InChI is InChI=1S/C20H14F4N6O/c1-12-11-29(13-7-3-2-4-8-13)27-18(12)25-19(31)16-17(20(22,23)24)30(28-26-16)15-10-6-5-9-14(15)21/h2-11H,1H3,(H,25,27,31). The third kappa shape index (κ3) is 3.89. The van der Waals surface area contributed by atoms with E-state index in [1.54, 1.807) is 37.4 Å². The molecule has 0 aliphatic carbocycles. The van der Waals surface area contributed by atoms with Crippen LogP contribution in [-0.4, -0.2) is 30.7 Å². The fourth-order valence-electron chi connectivity index (χ4n) is 2.94. The molecule has 1 amide bonds. The van der Waals surface area contributed by atoms with Crippen LogP contribution >= 0.6 is 0 Å². The quantitative estimate of drug-likeness (QED) is 0.493. The Bertz CT molecular complexity index is 1250. The molecule has 0 aliphatic rings. The average Bonchev–Trinajstić information content (AvgIpc) is 3.33. The van der Waals surface area contributed by atoms with Crippen LogP contribution in [0.5, 0.6) is 0 Å². The van der Waals surface area contributed by atoms with Crippen LogP contribution in [-0.2, 0) is 6.18 Å². The maximum atomic E-state index is 14.0. The lowest BCUT2D eigenvalue weighted by atomic mass is 10.2. The Morgan fingerprint density at radius 1 is 1.03 bits per heavy atom. The number of halogens is 4. The van der Waals surface area contributed by atoms with E-state index >= 15 is 0 Å². The zero-order chi connectivity index (χ0) is 22.2. The first kappa shape index (κ1) is 20.3. The summed E-state index contributed by atoms with van der Waals surface area (Å²) in [5.41, 5.74) is -1.74. The van der Waals surface area contributed by atoms with Crippen molar-refractivity contribution in [1.82, 2.24) is 24.8 Å². The van der Waals surface area contributed by atoms with E-state index in [0.29, 0.717) is 11.3 Å². The van der Waals surface area contributed by atoms with E-state index in [1.165, 1.54) is 16.8 Å². The van der Waals surface area contributed by atoms with Crippen LogP contribution in [0.1, 0.15) is 21.7 Å². The van der Waals surface area contributed by atoms with Gasteiger partial charge in [0.25, 0.3) is 5.91 Å². The number of aryl methyl sites for hydroxylation is 1. The second kappa shape index (κ2) is 7.67. The lowest BCUT2D eigenvalue weighted by Crippen LogP contribution is -2.22. The fourth-order valence-corrected chi connectivity index (χ4v) is 2.94. The Labute approximate surface area is 172 Å². The summed E-state index contributed by atoms with van der Waals surface area (Å²) in [5.74, 6) is -2.05. The van der Waals surface area contributed by atoms with Gasteiger partial charge >= 0.3 is 6.18 Å². The number of aromatic nitrogens is 5. The SMILES string of the molecule is Cc1cn(-c2ccccc2)nc1NC(=O)c1nnn(-c2ccccc2F)c1C(F)(F)F. The van der Waals surface area contributed by atoms with Gasteiger partial charge in [0.15, 0.2) is 17.2 Å². The Morgan fingerprint density at radius 2 is 1.71 bits per heavy atom. The van der Waals surface area contributed by atoms with E-state index in [9.17, 15) is 22.4 Å². The summed E-state index contributed by atoms with van der Waals surface area (Å²) in [4.78, 5) is 12.6. The number of amides is 1. The van der Waals surface area contributed by atoms with E-state index in [2.05, 4.69) is 20.7 Å². The number of anilines is 1. The van der Waals surface area contributed by atoms with Gasteiger partial charge in [0.05, 0.1) is 5.69 Å². The molecule has 4 rings (SSSR count). The average molecular weight is 430 g/mol. The lowest BCUT2D eigenvalue weighted by molar-refractivity contribution is -0.143. The first-order chi connectivity index (χ1) is 14.8. The molecule has 11 heteroatoms. The van der Waals surface area contributed by atoms with Crippen molar-refractivity contribution >= 4 is 11.7 Å².